The second kappa shape index (κ2) is 5.84. The molecule has 2 aromatic rings. The van der Waals surface area contributed by atoms with Crippen LogP contribution in [0.4, 0.5) is 16.2 Å². The van der Waals surface area contributed by atoms with Gasteiger partial charge in [-0.15, -0.1) is 0 Å². The van der Waals surface area contributed by atoms with Gasteiger partial charge in [0, 0.05) is 5.69 Å². The van der Waals surface area contributed by atoms with E-state index in [2.05, 4.69) is 10.6 Å². The average molecular weight is 291 g/mol. The topological polar surface area (TPSA) is 61.4 Å². The number of rotatable bonds is 2. The molecule has 20 heavy (non-hydrogen) atoms. The normalized spacial score (nSPS) is 10.2. The van der Waals surface area contributed by atoms with Crippen LogP contribution in [0.3, 0.4) is 0 Å². The first-order valence-electron chi connectivity index (χ1n) is 6.10. The summed E-state index contributed by atoms with van der Waals surface area (Å²) >= 11 is 5.97. The molecule has 4 nitrogen and oxygen atoms in total. The van der Waals surface area contributed by atoms with Crippen molar-refractivity contribution in [2.24, 2.45) is 0 Å². The van der Waals surface area contributed by atoms with E-state index in [4.69, 9.17) is 11.6 Å². The lowest BCUT2D eigenvalue weighted by atomic mass is 10.1. The molecule has 0 radical (unpaired) electrons. The van der Waals surface area contributed by atoms with Gasteiger partial charge in [0.1, 0.15) is 5.75 Å². The van der Waals surface area contributed by atoms with Crippen LogP contribution in [0.25, 0.3) is 0 Å². The minimum Gasteiger partial charge on any atom is -0.508 e. The highest BCUT2D eigenvalue weighted by molar-refractivity contribution is 6.33. The van der Waals surface area contributed by atoms with Gasteiger partial charge in [0.2, 0.25) is 0 Å². The van der Waals surface area contributed by atoms with Crippen molar-refractivity contribution < 1.29 is 9.90 Å². The van der Waals surface area contributed by atoms with Gasteiger partial charge in [-0.3, -0.25) is 0 Å². The van der Waals surface area contributed by atoms with Crippen LogP contribution in [0, 0.1) is 13.8 Å². The van der Waals surface area contributed by atoms with Crippen LogP contribution >= 0.6 is 11.6 Å². The molecular formula is C15H15ClN2O2. The van der Waals surface area contributed by atoms with Crippen LogP contribution in [0.2, 0.25) is 5.02 Å². The fraction of sp³-hybridized carbons (Fsp3) is 0.133. The number of carbonyl (C=O) groups excluding carboxylic acids is 1. The van der Waals surface area contributed by atoms with Gasteiger partial charge in [-0.25, -0.2) is 4.79 Å². The highest BCUT2D eigenvalue weighted by atomic mass is 35.5. The molecule has 5 heteroatoms. The van der Waals surface area contributed by atoms with E-state index in [9.17, 15) is 9.90 Å². The quantitative estimate of drug-likeness (QED) is 0.722. The number of phenolic OH excluding ortho intramolecular Hbond substituents is 1. The molecule has 3 N–H and O–H groups in total. The van der Waals surface area contributed by atoms with Crippen molar-refractivity contribution in [2.45, 2.75) is 13.8 Å². The van der Waals surface area contributed by atoms with E-state index >= 15 is 0 Å². The number of halogens is 1. The van der Waals surface area contributed by atoms with Crippen LogP contribution in [-0.4, -0.2) is 11.1 Å². The molecular weight excluding hydrogens is 276 g/mol. The number of hydrogen-bond acceptors (Lipinski definition) is 2. The Balaban J connectivity index is 2.13. The summed E-state index contributed by atoms with van der Waals surface area (Å²) in [7, 11) is 0. The number of aryl methyl sites for hydroxylation is 2. The smallest absolute Gasteiger partial charge is 0.323 e. The lowest BCUT2D eigenvalue weighted by molar-refractivity contribution is 0.262. The number of phenols is 1. The summed E-state index contributed by atoms with van der Waals surface area (Å²) in [6.07, 6.45) is 0. The molecule has 0 fully saturated rings. The summed E-state index contributed by atoms with van der Waals surface area (Å²) in [5.41, 5.74) is 2.66. The maximum Gasteiger partial charge on any atom is 0.323 e. The standard InChI is InChI=1S/C15H15ClN2O2/c1-9-8-14(19)10(2)7-13(9)18-15(20)17-12-6-4-3-5-11(12)16/h3-8,19H,1-2H3,(H2,17,18,20). The van der Waals surface area contributed by atoms with Crippen molar-refractivity contribution in [1.82, 2.24) is 0 Å². The van der Waals surface area contributed by atoms with E-state index in [1.807, 2.05) is 6.92 Å². The number of benzene rings is 2. The van der Waals surface area contributed by atoms with E-state index in [1.165, 1.54) is 0 Å². The Bertz CT molecular complexity index is 656. The molecule has 0 unspecified atom stereocenters. The minimum atomic E-state index is -0.383. The maximum atomic E-state index is 11.9. The van der Waals surface area contributed by atoms with Gasteiger partial charge in [0.15, 0.2) is 0 Å². The molecule has 0 saturated heterocycles. The molecule has 104 valence electrons. The molecule has 0 aromatic heterocycles. The lowest BCUT2D eigenvalue weighted by Gasteiger charge is -2.12. The number of nitrogens with one attached hydrogen (secondary N) is 2. The summed E-state index contributed by atoms with van der Waals surface area (Å²) in [4.78, 5) is 11.9. The van der Waals surface area contributed by atoms with Gasteiger partial charge in [0.05, 0.1) is 10.7 Å². The van der Waals surface area contributed by atoms with Crippen molar-refractivity contribution in [2.75, 3.05) is 10.6 Å². The van der Waals surface area contributed by atoms with Crippen molar-refractivity contribution in [3.8, 4) is 5.75 Å². The third kappa shape index (κ3) is 3.22. The van der Waals surface area contributed by atoms with E-state index in [-0.39, 0.29) is 11.8 Å². The van der Waals surface area contributed by atoms with E-state index < -0.39 is 0 Å². The highest BCUT2D eigenvalue weighted by Crippen LogP contribution is 2.25. The summed E-state index contributed by atoms with van der Waals surface area (Å²) in [6, 6.07) is 9.95. The predicted octanol–water partition coefficient (Wildman–Crippen LogP) is 4.31. The first-order valence-corrected chi connectivity index (χ1v) is 6.48. The van der Waals surface area contributed by atoms with Crippen LogP contribution in [0.5, 0.6) is 5.75 Å². The molecule has 0 bridgehead atoms. The lowest BCUT2D eigenvalue weighted by Crippen LogP contribution is -2.20. The Hall–Kier alpha value is -2.20. The maximum absolute atomic E-state index is 11.9. The summed E-state index contributed by atoms with van der Waals surface area (Å²) in [6.45, 7) is 3.58. The van der Waals surface area contributed by atoms with Crippen LogP contribution in [-0.2, 0) is 0 Å². The largest absolute Gasteiger partial charge is 0.508 e. The SMILES string of the molecule is Cc1cc(NC(=O)Nc2ccccc2Cl)c(C)cc1O. The third-order valence-corrected chi connectivity index (χ3v) is 3.24. The van der Waals surface area contributed by atoms with Crippen molar-refractivity contribution >= 4 is 29.0 Å². The monoisotopic (exact) mass is 290 g/mol. The highest BCUT2D eigenvalue weighted by Gasteiger charge is 2.08. The molecule has 2 amide bonds. The van der Waals surface area contributed by atoms with Gasteiger partial charge in [0.25, 0.3) is 0 Å². The number of carbonyl (C=O) groups is 1. The second-order valence-corrected chi connectivity index (χ2v) is 4.92. The second-order valence-electron chi connectivity index (χ2n) is 4.51. The Morgan fingerprint density at radius 2 is 1.70 bits per heavy atom. The Morgan fingerprint density at radius 1 is 1.05 bits per heavy atom. The number of aromatic hydroxyl groups is 1. The first kappa shape index (κ1) is 14.2. The summed E-state index contributed by atoms with van der Waals surface area (Å²) < 4.78 is 0. The molecule has 0 aliphatic carbocycles. The molecule has 0 atom stereocenters. The van der Waals surface area contributed by atoms with Crippen molar-refractivity contribution in [3.63, 3.8) is 0 Å². The molecule has 0 spiro atoms. The zero-order chi connectivity index (χ0) is 14.7. The predicted molar refractivity (Wildman–Crippen MR) is 81.7 cm³/mol. The van der Waals surface area contributed by atoms with Gasteiger partial charge in [-0.1, -0.05) is 23.7 Å². The van der Waals surface area contributed by atoms with Crippen molar-refractivity contribution in [1.29, 1.82) is 0 Å². The van der Waals surface area contributed by atoms with E-state index in [0.717, 1.165) is 5.56 Å². The molecule has 2 aromatic carbocycles. The minimum absolute atomic E-state index is 0.208. The summed E-state index contributed by atoms with van der Waals surface area (Å²) in [5, 5.41) is 15.5. The van der Waals surface area contributed by atoms with Crippen LogP contribution < -0.4 is 10.6 Å². The Labute approximate surface area is 122 Å². The zero-order valence-corrected chi connectivity index (χ0v) is 12.0. The zero-order valence-electron chi connectivity index (χ0n) is 11.2. The van der Waals surface area contributed by atoms with E-state index in [0.29, 0.717) is 22.0 Å². The number of anilines is 2. The first-order chi connectivity index (χ1) is 9.47. The van der Waals surface area contributed by atoms with Crippen LogP contribution in [0.15, 0.2) is 36.4 Å². The summed E-state index contributed by atoms with van der Waals surface area (Å²) in [5.74, 6) is 0.208. The Kier molecular flexibility index (Phi) is 4.15. The number of para-hydroxylation sites is 1. The molecule has 0 saturated carbocycles. The third-order valence-electron chi connectivity index (χ3n) is 2.91. The van der Waals surface area contributed by atoms with Crippen molar-refractivity contribution in [3.05, 3.63) is 52.5 Å². The van der Waals surface area contributed by atoms with Gasteiger partial charge < -0.3 is 15.7 Å². The van der Waals surface area contributed by atoms with Gasteiger partial charge in [-0.05, 0) is 49.2 Å². The number of urea groups is 1. The number of hydrogen-bond donors (Lipinski definition) is 3. The molecule has 2 rings (SSSR count). The molecule has 0 aliphatic rings. The van der Waals surface area contributed by atoms with Gasteiger partial charge >= 0.3 is 6.03 Å². The fourth-order valence-electron chi connectivity index (χ4n) is 1.77. The average Bonchev–Trinajstić information content (AvgIpc) is 2.39. The van der Waals surface area contributed by atoms with Gasteiger partial charge in [-0.2, -0.15) is 0 Å². The Morgan fingerprint density at radius 3 is 2.40 bits per heavy atom. The molecule has 0 heterocycles. The fourth-order valence-corrected chi connectivity index (χ4v) is 1.96. The number of amides is 2. The van der Waals surface area contributed by atoms with E-state index in [1.54, 1.807) is 43.3 Å². The molecule has 0 aliphatic heterocycles. The van der Waals surface area contributed by atoms with Crippen LogP contribution in [0.1, 0.15) is 11.1 Å².